The third kappa shape index (κ3) is 2.96. The van der Waals surface area contributed by atoms with Crippen molar-refractivity contribution in [3.05, 3.63) is 57.8 Å². The highest BCUT2D eigenvalue weighted by molar-refractivity contribution is 7.10. The lowest BCUT2D eigenvalue weighted by atomic mass is 10.0. The quantitative estimate of drug-likeness (QED) is 0.838. The Morgan fingerprint density at radius 1 is 1.00 bits per heavy atom. The summed E-state index contributed by atoms with van der Waals surface area (Å²) in [6, 6.07) is 13.7. The van der Waals surface area contributed by atoms with E-state index in [9.17, 15) is 0 Å². The zero-order valence-electron chi connectivity index (χ0n) is 10.6. The number of hydrogen-bond donors (Lipinski definition) is 1. The highest BCUT2D eigenvalue weighted by Crippen LogP contribution is 2.23. The summed E-state index contributed by atoms with van der Waals surface area (Å²) in [5, 5.41) is 5.78. The molecule has 1 heterocycles. The van der Waals surface area contributed by atoms with Gasteiger partial charge in [0.05, 0.1) is 0 Å². The number of benzene rings is 1. The van der Waals surface area contributed by atoms with Gasteiger partial charge in [-0.2, -0.15) is 0 Å². The van der Waals surface area contributed by atoms with Crippen LogP contribution in [0.5, 0.6) is 0 Å². The molecule has 2 aromatic rings. The van der Waals surface area contributed by atoms with Gasteiger partial charge in [0.25, 0.3) is 0 Å². The Balaban J connectivity index is 2.07. The van der Waals surface area contributed by atoms with Gasteiger partial charge in [-0.15, -0.1) is 11.3 Å². The molecule has 1 aromatic carbocycles. The van der Waals surface area contributed by atoms with Crippen LogP contribution in [0.15, 0.2) is 41.8 Å². The summed E-state index contributed by atoms with van der Waals surface area (Å²) >= 11 is 1.81. The van der Waals surface area contributed by atoms with Crippen molar-refractivity contribution < 1.29 is 0 Å². The second-order valence-electron chi connectivity index (χ2n) is 4.48. The largest absolute Gasteiger partial charge is 0.303 e. The molecule has 17 heavy (non-hydrogen) atoms. The van der Waals surface area contributed by atoms with Gasteiger partial charge < -0.3 is 5.32 Å². The highest BCUT2D eigenvalue weighted by Gasteiger charge is 2.12. The standard InChI is InChI=1S/C15H19NS/c1-11-7-4-5-8-14(11)12(2)16-13(3)15-9-6-10-17-15/h4-10,12-13,16H,1-3H3. The maximum Gasteiger partial charge on any atom is 0.0391 e. The summed E-state index contributed by atoms with van der Waals surface area (Å²) in [5.41, 5.74) is 2.74. The van der Waals surface area contributed by atoms with Crippen molar-refractivity contribution in [2.75, 3.05) is 0 Å². The first-order valence-corrected chi connectivity index (χ1v) is 6.91. The molecule has 0 spiro atoms. The lowest BCUT2D eigenvalue weighted by molar-refractivity contribution is 0.498. The molecular formula is C15H19NS. The molecule has 0 aliphatic rings. The van der Waals surface area contributed by atoms with Crippen LogP contribution in [-0.4, -0.2) is 0 Å². The minimum Gasteiger partial charge on any atom is -0.303 e. The Morgan fingerprint density at radius 3 is 2.41 bits per heavy atom. The van der Waals surface area contributed by atoms with Crippen molar-refractivity contribution in [2.24, 2.45) is 0 Å². The predicted molar refractivity (Wildman–Crippen MR) is 75.5 cm³/mol. The molecule has 0 saturated carbocycles. The topological polar surface area (TPSA) is 12.0 Å². The van der Waals surface area contributed by atoms with Gasteiger partial charge >= 0.3 is 0 Å². The van der Waals surface area contributed by atoms with Crippen LogP contribution in [0.2, 0.25) is 0 Å². The van der Waals surface area contributed by atoms with Crippen molar-refractivity contribution in [3.63, 3.8) is 0 Å². The smallest absolute Gasteiger partial charge is 0.0391 e. The summed E-state index contributed by atoms with van der Waals surface area (Å²) in [7, 11) is 0. The Bertz CT molecular complexity index is 462. The van der Waals surface area contributed by atoms with E-state index in [-0.39, 0.29) is 0 Å². The fourth-order valence-electron chi connectivity index (χ4n) is 2.16. The Hall–Kier alpha value is -1.12. The third-order valence-corrected chi connectivity index (χ3v) is 4.18. The lowest BCUT2D eigenvalue weighted by Gasteiger charge is -2.21. The molecule has 0 amide bonds. The van der Waals surface area contributed by atoms with Crippen LogP contribution in [-0.2, 0) is 0 Å². The molecule has 0 fully saturated rings. The number of thiophene rings is 1. The maximum atomic E-state index is 3.65. The maximum absolute atomic E-state index is 3.65. The van der Waals surface area contributed by atoms with Gasteiger partial charge in [-0.1, -0.05) is 30.3 Å². The average molecular weight is 245 g/mol. The molecule has 0 aliphatic carbocycles. The summed E-state index contributed by atoms with van der Waals surface area (Å²) in [6.45, 7) is 6.62. The first kappa shape index (κ1) is 12.3. The van der Waals surface area contributed by atoms with Gasteiger partial charge in [0, 0.05) is 17.0 Å². The van der Waals surface area contributed by atoms with E-state index < -0.39 is 0 Å². The van der Waals surface area contributed by atoms with Crippen LogP contribution in [0.1, 0.15) is 41.9 Å². The van der Waals surface area contributed by atoms with Crippen LogP contribution >= 0.6 is 11.3 Å². The molecule has 1 nitrogen and oxygen atoms in total. The monoisotopic (exact) mass is 245 g/mol. The number of hydrogen-bond acceptors (Lipinski definition) is 2. The molecule has 90 valence electrons. The van der Waals surface area contributed by atoms with Crippen LogP contribution < -0.4 is 5.32 Å². The first-order valence-electron chi connectivity index (χ1n) is 6.03. The molecular weight excluding hydrogens is 226 g/mol. The van der Waals surface area contributed by atoms with E-state index in [0.717, 1.165) is 0 Å². The SMILES string of the molecule is Cc1ccccc1C(C)NC(C)c1cccs1. The van der Waals surface area contributed by atoms with Crippen LogP contribution in [0, 0.1) is 6.92 Å². The van der Waals surface area contributed by atoms with E-state index in [0.29, 0.717) is 12.1 Å². The third-order valence-electron chi connectivity index (χ3n) is 3.12. The molecule has 2 heteroatoms. The van der Waals surface area contributed by atoms with Gasteiger partial charge in [0.15, 0.2) is 0 Å². The van der Waals surface area contributed by atoms with E-state index in [4.69, 9.17) is 0 Å². The fourth-order valence-corrected chi connectivity index (χ4v) is 2.90. The van der Waals surface area contributed by atoms with E-state index in [1.54, 1.807) is 0 Å². The van der Waals surface area contributed by atoms with Gasteiger partial charge in [0.1, 0.15) is 0 Å². The van der Waals surface area contributed by atoms with Crippen LogP contribution in [0.3, 0.4) is 0 Å². The molecule has 2 atom stereocenters. The summed E-state index contributed by atoms with van der Waals surface area (Å²) in [5.74, 6) is 0. The Labute approximate surface area is 108 Å². The Morgan fingerprint density at radius 2 is 1.76 bits per heavy atom. The molecule has 1 aromatic heterocycles. The minimum absolute atomic E-state index is 0.383. The molecule has 2 rings (SSSR count). The summed E-state index contributed by atoms with van der Waals surface area (Å²) in [4.78, 5) is 1.39. The van der Waals surface area contributed by atoms with Crippen molar-refractivity contribution in [2.45, 2.75) is 32.9 Å². The van der Waals surface area contributed by atoms with Crippen molar-refractivity contribution >= 4 is 11.3 Å². The zero-order chi connectivity index (χ0) is 12.3. The highest BCUT2D eigenvalue weighted by atomic mass is 32.1. The second-order valence-corrected chi connectivity index (χ2v) is 5.46. The van der Waals surface area contributed by atoms with Gasteiger partial charge in [-0.3, -0.25) is 0 Å². The molecule has 0 aliphatic heterocycles. The fraction of sp³-hybridized carbons (Fsp3) is 0.333. The van der Waals surface area contributed by atoms with Gasteiger partial charge in [-0.05, 0) is 43.3 Å². The van der Waals surface area contributed by atoms with Crippen LogP contribution in [0.4, 0.5) is 0 Å². The number of nitrogens with one attached hydrogen (secondary N) is 1. The first-order chi connectivity index (χ1) is 8.18. The number of aryl methyl sites for hydroxylation is 1. The number of rotatable bonds is 4. The molecule has 0 bridgehead atoms. The molecule has 1 N–H and O–H groups in total. The van der Waals surface area contributed by atoms with Crippen molar-refractivity contribution in [1.82, 2.24) is 5.32 Å². The van der Waals surface area contributed by atoms with E-state index >= 15 is 0 Å². The second kappa shape index (κ2) is 5.48. The Kier molecular flexibility index (Phi) is 3.97. The van der Waals surface area contributed by atoms with E-state index in [1.165, 1.54) is 16.0 Å². The van der Waals surface area contributed by atoms with Crippen LogP contribution in [0.25, 0.3) is 0 Å². The lowest BCUT2D eigenvalue weighted by Crippen LogP contribution is -2.22. The summed E-state index contributed by atoms with van der Waals surface area (Å²) < 4.78 is 0. The van der Waals surface area contributed by atoms with Gasteiger partial charge in [-0.25, -0.2) is 0 Å². The van der Waals surface area contributed by atoms with E-state index in [2.05, 4.69) is 67.9 Å². The zero-order valence-corrected chi connectivity index (χ0v) is 11.4. The van der Waals surface area contributed by atoms with Crippen molar-refractivity contribution in [1.29, 1.82) is 0 Å². The van der Waals surface area contributed by atoms with Gasteiger partial charge in [0.2, 0.25) is 0 Å². The average Bonchev–Trinajstić information content (AvgIpc) is 2.82. The predicted octanol–water partition coefficient (Wildman–Crippen LogP) is 4.47. The van der Waals surface area contributed by atoms with E-state index in [1.807, 2.05) is 11.3 Å². The molecule has 2 unspecified atom stereocenters. The molecule has 0 saturated heterocycles. The molecule has 0 radical (unpaired) electrons. The summed E-state index contributed by atoms with van der Waals surface area (Å²) in [6.07, 6.45) is 0. The normalized spacial score (nSPS) is 14.5. The van der Waals surface area contributed by atoms with Crippen molar-refractivity contribution in [3.8, 4) is 0 Å². The minimum atomic E-state index is 0.383.